The highest BCUT2D eigenvalue weighted by atomic mass is 15.4. The van der Waals surface area contributed by atoms with Gasteiger partial charge in [-0.25, -0.2) is 9.67 Å². The van der Waals surface area contributed by atoms with Gasteiger partial charge in [0.15, 0.2) is 0 Å². The van der Waals surface area contributed by atoms with Crippen LogP contribution in [0.4, 0.5) is 0 Å². The highest BCUT2D eigenvalue weighted by molar-refractivity contribution is 4.89. The van der Waals surface area contributed by atoms with Crippen LogP contribution in [0.3, 0.4) is 0 Å². The third kappa shape index (κ3) is 4.03. The second-order valence-corrected chi connectivity index (χ2v) is 6.38. The maximum atomic E-state index is 4.47. The molecule has 5 nitrogen and oxygen atoms in total. The molecule has 1 aromatic heterocycles. The molecule has 1 N–H and O–H groups in total. The van der Waals surface area contributed by atoms with Gasteiger partial charge in [0.1, 0.15) is 12.2 Å². The molecule has 1 aliphatic rings. The first-order valence-corrected chi connectivity index (χ1v) is 7.94. The van der Waals surface area contributed by atoms with Crippen LogP contribution >= 0.6 is 0 Å². The zero-order valence-electron chi connectivity index (χ0n) is 13.3. The van der Waals surface area contributed by atoms with E-state index in [1.165, 1.54) is 12.8 Å². The maximum Gasteiger partial charge on any atom is 0.141 e. The van der Waals surface area contributed by atoms with Crippen molar-refractivity contribution < 1.29 is 0 Å². The Morgan fingerprint density at radius 2 is 2.25 bits per heavy atom. The van der Waals surface area contributed by atoms with Crippen molar-refractivity contribution in [1.29, 1.82) is 0 Å². The molecule has 1 fully saturated rings. The van der Waals surface area contributed by atoms with Crippen LogP contribution in [0.2, 0.25) is 0 Å². The fourth-order valence-electron chi connectivity index (χ4n) is 2.79. The lowest BCUT2D eigenvalue weighted by Gasteiger charge is -2.28. The van der Waals surface area contributed by atoms with E-state index in [1.54, 1.807) is 6.33 Å². The molecular weight excluding hydrogens is 250 g/mol. The predicted octanol–water partition coefficient (Wildman–Crippen LogP) is 1.90. The largest absolute Gasteiger partial charge is 0.313 e. The first kappa shape index (κ1) is 15.4. The van der Waals surface area contributed by atoms with Crippen molar-refractivity contribution >= 4 is 0 Å². The number of nitrogens with zero attached hydrogens (tertiary/aromatic N) is 4. The van der Waals surface area contributed by atoms with E-state index in [2.05, 4.69) is 52.7 Å². The van der Waals surface area contributed by atoms with Crippen LogP contribution in [0.15, 0.2) is 6.33 Å². The summed E-state index contributed by atoms with van der Waals surface area (Å²) in [5.74, 6) is 1.70. The van der Waals surface area contributed by atoms with Crippen LogP contribution in [0.5, 0.6) is 0 Å². The molecule has 1 saturated heterocycles. The Bertz CT molecular complexity index is 401. The zero-order valence-corrected chi connectivity index (χ0v) is 13.3. The molecule has 20 heavy (non-hydrogen) atoms. The average Bonchev–Trinajstić information content (AvgIpc) is 2.73. The SMILES string of the molecule is CCC1CN(Cc2ncnn2CC(C)C)C(C)CCN1. The van der Waals surface area contributed by atoms with Gasteiger partial charge in [-0.2, -0.15) is 5.10 Å². The van der Waals surface area contributed by atoms with Gasteiger partial charge in [-0.05, 0) is 32.2 Å². The van der Waals surface area contributed by atoms with Gasteiger partial charge in [0.05, 0.1) is 6.54 Å². The minimum absolute atomic E-state index is 0.599. The molecule has 2 atom stereocenters. The van der Waals surface area contributed by atoms with Crippen LogP contribution in [-0.4, -0.2) is 44.8 Å². The van der Waals surface area contributed by atoms with E-state index in [1.807, 2.05) is 0 Å². The zero-order chi connectivity index (χ0) is 14.5. The number of hydrogen-bond acceptors (Lipinski definition) is 4. The van der Waals surface area contributed by atoms with E-state index in [4.69, 9.17) is 0 Å². The number of hydrogen-bond donors (Lipinski definition) is 1. The standard InChI is InChI=1S/C15H29N5/c1-5-14-9-19(13(4)6-7-16-14)10-15-17-11-18-20(15)8-12(2)3/h11-14,16H,5-10H2,1-4H3. The second kappa shape index (κ2) is 7.18. The lowest BCUT2D eigenvalue weighted by molar-refractivity contribution is 0.185. The van der Waals surface area contributed by atoms with Gasteiger partial charge >= 0.3 is 0 Å². The molecule has 0 spiro atoms. The molecule has 2 unspecified atom stereocenters. The number of aromatic nitrogens is 3. The first-order valence-electron chi connectivity index (χ1n) is 7.94. The highest BCUT2D eigenvalue weighted by Crippen LogP contribution is 2.14. The van der Waals surface area contributed by atoms with E-state index >= 15 is 0 Å². The fourth-order valence-corrected chi connectivity index (χ4v) is 2.79. The lowest BCUT2D eigenvalue weighted by atomic mass is 10.2. The Morgan fingerprint density at radius 1 is 1.45 bits per heavy atom. The number of nitrogens with one attached hydrogen (secondary N) is 1. The minimum Gasteiger partial charge on any atom is -0.313 e. The molecule has 0 saturated carbocycles. The monoisotopic (exact) mass is 279 g/mol. The summed E-state index contributed by atoms with van der Waals surface area (Å²) in [6.07, 6.45) is 4.08. The molecule has 2 heterocycles. The van der Waals surface area contributed by atoms with Crippen LogP contribution in [0.25, 0.3) is 0 Å². The van der Waals surface area contributed by atoms with Gasteiger partial charge in [0, 0.05) is 25.2 Å². The Kier molecular flexibility index (Phi) is 5.54. The van der Waals surface area contributed by atoms with E-state index in [-0.39, 0.29) is 0 Å². The fraction of sp³-hybridized carbons (Fsp3) is 0.867. The quantitative estimate of drug-likeness (QED) is 0.894. The van der Waals surface area contributed by atoms with Crippen molar-refractivity contribution in [3.05, 3.63) is 12.2 Å². The first-order chi connectivity index (χ1) is 9.60. The molecule has 5 heteroatoms. The van der Waals surface area contributed by atoms with Crippen molar-refractivity contribution in [3.8, 4) is 0 Å². The Labute approximate surface area is 122 Å². The summed E-state index contributed by atoms with van der Waals surface area (Å²) < 4.78 is 2.07. The summed E-state index contributed by atoms with van der Waals surface area (Å²) in [7, 11) is 0. The van der Waals surface area contributed by atoms with Crippen molar-refractivity contribution in [2.45, 2.75) is 65.7 Å². The van der Waals surface area contributed by atoms with Gasteiger partial charge in [-0.3, -0.25) is 4.90 Å². The summed E-state index contributed by atoms with van der Waals surface area (Å²) in [5, 5.41) is 8.01. The number of rotatable bonds is 5. The van der Waals surface area contributed by atoms with Gasteiger partial charge < -0.3 is 5.32 Å². The van der Waals surface area contributed by atoms with Crippen molar-refractivity contribution in [1.82, 2.24) is 25.0 Å². The molecule has 0 aromatic carbocycles. The Balaban J connectivity index is 2.04. The van der Waals surface area contributed by atoms with Crippen LogP contribution < -0.4 is 5.32 Å². The average molecular weight is 279 g/mol. The van der Waals surface area contributed by atoms with E-state index < -0.39 is 0 Å². The summed E-state index contributed by atoms with van der Waals surface area (Å²) in [5.41, 5.74) is 0. The van der Waals surface area contributed by atoms with Crippen molar-refractivity contribution in [2.75, 3.05) is 13.1 Å². The second-order valence-electron chi connectivity index (χ2n) is 6.38. The lowest BCUT2D eigenvalue weighted by Crippen LogP contribution is -2.40. The Hall–Kier alpha value is -0.940. The molecule has 1 aromatic rings. The molecule has 0 radical (unpaired) electrons. The minimum atomic E-state index is 0.599. The highest BCUT2D eigenvalue weighted by Gasteiger charge is 2.23. The normalized spacial score (nSPS) is 25.1. The van der Waals surface area contributed by atoms with Crippen LogP contribution in [0.1, 0.15) is 46.4 Å². The summed E-state index contributed by atoms with van der Waals surface area (Å²) in [6.45, 7) is 13.1. The predicted molar refractivity (Wildman–Crippen MR) is 81.4 cm³/mol. The summed E-state index contributed by atoms with van der Waals surface area (Å²) >= 11 is 0. The van der Waals surface area contributed by atoms with E-state index in [0.717, 1.165) is 32.0 Å². The topological polar surface area (TPSA) is 46.0 Å². The maximum absolute atomic E-state index is 4.47. The molecule has 2 rings (SSSR count). The third-order valence-corrected chi connectivity index (χ3v) is 4.14. The molecule has 0 amide bonds. The summed E-state index contributed by atoms with van der Waals surface area (Å²) in [4.78, 5) is 7.02. The molecule has 1 aliphatic heterocycles. The smallest absolute Gasteiger partial charge is 0.141 e. The molecule has 0 bridgehead atoms. The van der Waals surface area contributed by atoms with Gasteiger partial charge in [-0.15, -0.1) is 0 Å². The summed E-state index contributed by atoms with van der Waals surface area (Å²) in [6, 6.07) is 1.20. The van der Waals surface area contributed by atoms with E-state index in [9.17, 15) is 0 Å². The molecule has 0 aliphatic carbocycles. The van der Waals surface area contributed by atoms with Crippen LogP contribution in [-0.2, 0) is 13.1 Å². The van der Waals surface area contributed by atoms with Crippen LogP contribution in [0, 0.1) is 5.92 Å². The van der Waals surface area contributed by atoms with Crippen molar-refractivity contribution in [2.24, 2.45) is 5.92 Å². The molecular formula is C15H29N5. The Morgan fingerprint density at radius 3 is 2.95 bits per heavy atom. The molecule has 114 valence electrons. The van der Waals surface area contributed by atoms with Gasteiger partial charge in [0.25, 0.3) is 0 Å². The van der Waals surface area contributed by atoms with Gasteiger partial charge in [-0.1, -0.05) is 20.8 Å². The van der Waals surface area contributed by atoms with Crippen molar-refractivity contribution in [3.63, 3.8) is 0 Å². The van der Waals surface area contributed by atoms with Gasteiger partial charge in [0.2, 0.25) is 0 Å². The van der Waals surface area contributed by atoms with E-state index in [0.29, 0.717) is 18.0 Å². The third-order valence-electron chi connectivity index (χ3n) is 4.14.